The summed E-state index contributed by atoms with van der Waals surface area (Å²) < 4.78 is 33.8. The highest BCUT2D eigenvalue weighted by Crippen LogP contribution is 2.37. The normalized spacial score (nSPS) is 15.0. The molecule has 0 fully saturated rings. The molecule has 0 atom stereocenters. The molecule has 0 saturated heterocycles. The molecule has 2 N–H and O–H groups in total. The summed E-state index contributed by atoms with van der Waals surface area (Å²) in [4.78, 5) is 11.1. The number of hydrogen-bond acceptors (Lipinski definition) is 5. The lowest BCUT2D eigenvalue weighted by molar-refractivity contribution is 0.101. The standard InChI is InChI=1S/C11H13NO5S/c1-7(13)8-5-9-11(17-4-2-3-16-9)10(6-8)18(12,14)15/h5-6H,2-4H2,1H3,(H2,12,14,15). The Hall–Kier alpha value is -1.60. The van der Waals surface area contributed by atoms with Crippen LogP contribution in [-0.4, -0.2) is 27.4 Å². The topological polar surface area (TPSA) is 95.7 Å². The molecule has 0 saturated carbocycles. The van der Waals surface area contributed by atoms with E-state index in [2.05, 4.69) is 0 Å². The summed E-state index contributed by atoms with van der Waals surface area (Å²) in [5.41, 5.74) is 0.225. The number of hydrogen-bond donors (Lipinski definition) is 1. The van der Waals surface area contributed by atoms with Gasteiger partial charge in [-0.05, 0) is 19.1 Å². The fourth-order valence-corrected chi connectivity index (χ4v) is 2.37. The van der Waals surface area contributed by atoms with Crippen molar-refractivity contribution < 1.29 is 22.7 Å². The summed E-state index contributed by atoms with van der Waals surface area (Å²) in [6, 6.07) is 2.68. The second-order valence-corrected chi connectivity index (χ2v) is 5.48. The fourth-order valence-electron chi connectivity index (χ4n) is 1.66. The molecule has 1 aromatic carbocycles. The van der Waals surface area contributed by atoms with E-state index in [9.17, 15) is 13.2 Å². The summed E-state index contributed by atoms with van der Waals surface area (Å²) in [5.74, 6) is 0.0553. The molecular weight excluding hydrogens is 258 g/mol. The SMILES string of the molecule is CC(=O)c1cc2c(c(S(N)(=O)=O)c1)OCCCO2. The van der Waals surface area contributed by atoms with Crippen molar-refractivity contribution in [2.24, 2.45) is 5.14 Å². The lowest BCUT2D eigenvalue weighted by Crippen LogP contribution is -2.15. The summed E-state index contributed by atoms with van der Waals surface area (Å²) in [7, 11) is -3.97. The summed E-state index contributed by atoms with van der Waals surface area (Å²) in [6.45, 7) is 2.08. The van der Waals surface area contributed by atoms with E-state index in [1.54, 1.807) is 0 Å². The van der Waals surface area contributed by atoms with Crippen molar-refractivity contribution in [1.29, 1.82) is 0 Å². The number of rotatable bonds is 2. The minimum absolute atomic E-state index is 0.0833. The molecule has 0 aliphatic carbocycles. The number of primary sulfonamides is 1. The Kier molecular flexibility index (Phi) is 3.27. The van der Waals surface area contributed by atoms with E-state index in [4.69, 9.17) is 14.6 Å². The molecular formula is C11H13NO5S. The molecule has 1 aliphatic heterocycles. The van der Waals surface area contributed by atoms with Gasteiger partial charge in [0.05, 0.1) is 13.2 Å². The van der Waals surface area contributed by atoms with Crippen LogP contribution >= 0.6 is 0 Å². The van der Waals surface area contributed by atoms with Crippen LogP contribution in [0.5, 0.6) is 11.5 Å². The third-order valence-corrected chi connectivity index (χ3v) is 3.44. The van der Waals surface area contributed by atoms with Gasteiger partial charge in [0.15, 0.2) is 17.3 Å². The molecule has 0 aromatic heterocycles. The van der Waals surface area contributed by atoms with Crippen LogP contribution in [0, 0.1) is 0 Å². The molecule has 1 aliphatic rings. The molecule has 1 heterocycles. The number of fused-ring (bicyclic) bond motifs is 1. The van der Waals surface area contributed by atoms with Gasteiger partial charge in [-0.15, -0.1) is 0 Å². The van der Waals surface area contributed by atoms with Gasteiger partial charge in [0.25, 0.3) is 0 Å². The van der Waals surface area contributed by atoms with Crippen LogP contribution in [0.25, 0.3) is 0 Å². The minimum Gasteiger partial charge on any atom is -0.489 e. The molecule has 1 aromatic rings. The molecule has 2 rings (SSSR count). The molecule has 0 bridgehead atoms. The van der Waals surface area contributed by atoms with Gasteiger partial charge in [-0.1, -0.05) is 0 Å². The minimum atomic E-state index is -3.97. The third-order valence-electron chi connectivity index (χ3n) is 2.53. The fraction of sp³-hybridized carbons (Fsp3) is 0.364. The van der Waals surface area contributed by atoms with Gasteiger partial charge in [0, 0.05) is 12.0 Å². The zero-order valence-corrected chi connectivity index (χ0v) is 10.6. The maximum Gasteiger partial charge on any atom is 0.241 e. The average Bonchev–Trinajstić information content (AvgIpc) is 2.50. The number of carbonyl (C=O) groups is 1. The molecule has 98 valence electrons. The Morgan fingerprint density at radius 2 is 1.94 bits per heavy atom. The number of sulfonamides is 1. The molecule has 0 radical (unpaired) electrons. The molecule has 0 unspecified atom stereocenters. The van der Waals surface area contributed by atoms with Gasteiger partial charge < -0.3 is 9.47 Å². The first-order valence-corrected chi connectivity index (χ1v) is 6.91. The highest BCUT2D eigenvalue weighted by Gasteiger charge is 2.24. The number of Topliss-reactive ketones (excluding diaryl/α,β-unsaturated/α-hetero) is 1. The molecule has 6 nitrogen and oxygen atoms in total. The Balaban J connectivity index is 2.69. The first kappa shape index (κ1) is 12.8. The number of ketones is 1. The van der Waals surface area contributed by atoms with Gasteiger partial charge in [-0.2, -0.15) is 0 Å². The van der Waals surface area contributed by atoms with Crippen LogP contribution < -0.4 is 14.6 Å². The number of ether oxygens (including phenoxy) is 2. The molecule has 18 heavy (non-hydrogen) atoms. The zero-order chi connectivity index (χ0) is 13.3. The van der Waals surface area contributed by atoms with Crippen LogP contribution in [0.2, 0.25) is 0 Å². The quantitative estimate of drug-likeness (QED) is 0.799. The van der Waals surface area contributed by atoms with Crippen LogP contribution in [0.3, 0.4) is 0 Å². The van der Waals surface area contributed by atoms with E-state index < -0.39 is 10.0 Å². The van der Waals surface area contributed by atoms with Crippen LogP contribution in [0.15, 0.2) is 17.0 Å². The molecule has 7 heteroatoms. The highest BCUT2D eigenvalue weighted by molar-refractivity contribution is 7.89. The molecule has 0 spiro atoms. The van der Waals surface area contributed by atoms with E-state index in [0.29, 0.717) is 19.6 Å². The first-order valence-electron chi connectivity index (χ1n) is 5.37. The van der Waals surface area contributed by atoms with Crippen molar-refractivity contribution >= 4 is 15.8 Å². The maximum atomic E-state index is 11.5. The van der Waals surface area contributed by atoms with Gasteiger partial charge in [-0.3, -0.25) is 4.79 Å². The van der Waals surface area contributed by atoms with Crippen molar-refractivity contribution in [3.63, 3.8) is 0 Å². The van der Waals surface area contributed by atoms with E-state index in [-0.39, 0.29) is 27.7 Å². The monoisotopic (exact) mass is 271 g/mol. The predicted octanol–water partition coefficient (Wildman–Crippen LogP) is 0.698. The van der Waals surface area contributed by atoms with Crippen LogP contribution in [0.4, 0.5) is 0 Å². The van der Waals surface area contributed by atoms with Gasteiger partial charge in [-0.25, -0.2) is 13.6 Å². The van der Waals surface area contributed by atoms with Crippen LogP contribution in [0.1, 0.15) is 23.7 Å². The van der Waals surface area contributed by atoms with Crippen molar-refractivity contribution in [3.05, 3.63) is 17.7 Å². The largest absolute Gasteiger partial charge is 0.489 e. The van der Waals surface area contributed by atoms with Crippen LogP contribution in [-0.2, 0) is 10.0 Å². The zero-order valence-electron chi connectivity index (χ0n) is 9.80. The van der Waals surface area contributed by atoms with E-state index in [0.717, 1.165) is 0 Å². The third kappa shape index (κ3) is 2.46. The molecule has 0 amide bonds. The predicted molar refractivity (Wildman–Crippen MR) is 63.4 cm³/mol. The lowest BCUT2D eigenvalue weighted by Gasteiger charge is -2.12. The van der Waals surface area contributed by atoms with Crippen molar-refractivity contribution in [3.8, 4) is 11.5 Å². The second kappa shape index (κ2) is 4.58. The Labute approximate surface area is 105 Å². The maximum absolute atomic E-state index is 11.5. The van der Waals surface area contributed by atoms with Gasteiger partial charge >= 0.3 is 0 Å². The highest BCUT2D eigenvalue weighted by atomic mass is 32.2. The first-order chi connectivity index (χ1) is 8.39. The Bertz CT molecular complexity index is 594. The summed E-state index contributed by atoms with van der Waals surface area (Å²) in [5, 5.41) is 5.13. The number of nitrogens with two attached hydrogens (primary N) is 1. The van der Waals surface area contributed by atoms with Gasteiger partial charge in [0.2, 0.25) is 10.0 Å². The summed E-state index contributed by atoms with van der Waals surface area (Å²) >= 11 is 0. The number of benzene rings is 1. The number of carbonyl (C=O) groups excluding carboxylic acids is 1. The van der Waals surface area contributed by atoms with E-state index in [1.807, 2.05) is 0 Å². The Morgan fingerprint density at radius 3 is 2.56 bits per heavy atom. The van der Waals surface area contributed by atoms with Gasteiger partial charge in [0.1, 0.15) is 4.90 Å². The summed E-state index contributed by atoms with van der Waals surface area (Å²) in [6.07, 6.45) is 0.633. The second-order valence-electron chi connectivity index (χ2n) is 3.95. The van der Waals surface area contributed by atoms with Crippen molar-refractivity contribution in [2.75, 3.05) is 13.2 Å². The average molecular weight is 271 g/mol. The van der Waals surface area contributed by atoms with E-state index in [1.165, 1.54) is 19.1 Å². The Morgan fingerprint density at radius 1 is 1.28 bits per heavy atom. The van der Waals surface area contributed by atoms with Crippen molar-refractivity contribution in [2.45, 2.75) is 18.2 Å². The van der Waals surface area contributed by atoms with E-state index >= 15 is 0 Å². The van der Waals surface area contributed by atoms with Crippen molar-refractivity contribution in [1.82, 2.24) is 0 Å². The smallest absolute Gasteiger partial charge is 0.241 e. The lowest BCUT2D eigenvalue weighted by atomic mass is 10.1.